The summed E-state index contributed by atoms with van der Waals surface area (Å²) in [6.45, 7) is 1.89. The fraction of sp³-hybridized carbons (Fsp3) is 0.900. The Morgan fingerprint density at radius 3 is 2.10 bits per heavy atom. The summed E-state index contributed by atoms with van der Waals surface area (Å²) in [6.07, 6.45) is -7.99. The van der Waals surface area contributed by atoms with Crippen LogP contribution in [0.15, 0.2) is 0 Å². The Balaban J connectivity index is 4.45. The number of hydrogen-bond donors (Lipinski definition) is 5. The number of phosphoric acid groups is 1. The van der Waals surface area contributed by atoms with Gasteiger partial charge >= 0.3 is 13.8 Å². The molecule has 0 saturated carbocycles. The molecule has 0 radical (unpaired) electrons. The Labute approximate surface area is 121 Å². The first-order valence-electron chi connectivity index (χ1n) is 6.17. The van der Waals surface area contributed by atoms with E-state index in [1.807, 2.05) is 0 Å². The van der Waals surface area contributed by atoms with Crippen molar-refractivity contribution in [2.45, 2.75) is 38.3 Å². The number of carbonyl (C=O) groups excluding carboxylic acids is 1. The van der Waals surface area contributed by atoms with Gasteiger partial charge in [0, 0.05) is 0 Å². The Morgan fingerprint density at radius 1 is 1.05 bits per heavy atom. The number of rotatable bonds is 10. The van der Waals surface area contributed by atoms with E-state index in [1.165, 1.54) is 13.8 Å². The van der Waals surface area contributed by atoms with Crippen LogP contribution in [0.5, 0.6) is 0 Å². The van der Waals surface area contributed by atoms with Gasteiger partial charge in [0.1, 0.15) is 18.3 Å². The van der Waals surface area contributed by atoms with Crippen LogP contribution >= 0.6 is 7.82 Å². The van der Waals surface area contributed by atoms with Gasteiger partial charge in [-0.3, -0.25) is 9.05 Å². The highest BCUT2D eigenvalue weighted by atomic mass is 31.2. The van der Waals surface area contributed by atoms with E-state index in [1.54, 1.807) is 0 Å². The lowest BCUT2D eigenvalue weighted by molar-refractivity contribution is -0.169. The molecule has 0 aliphatic carbocycles. The van der Waals surface area contributed by atoms with Crippen molar-refractivity contribution in [3.8, 4) is 0 Å². The second-order valence-corrected chi connectivity index (χ2v) is 5.38. The van der Waals surface area contributed by atoms with Crippen molar-refractivity contribution in [1.82, 2.24) is 0 Å². The molecule has 0 aliphatic rings. The van der Waals surface area contributed by atoms with Crippen LogP contribution in [-0.2, 0) is 23.1 Å². The number of hydrogen-bond acceptors (Lipinski definition) is 9. The van der Waals surface area contributed by atoms with Crippen molar-refractivity contribution >= 4 is 13.8 Å². The second kappa shape index (κ2) is 9.44. The van der Waals surface area contributed by atoms with Gasteiger partial charge in [0.05, 0.1) is 19.8 Å². The minimum atomic E-state index is -4.38. The van der Waals surface area contributed by atoms with E-state index in [9.17, 15) is 29.8 Å². The molecule has 126 valence electrons. The smallest absolute Gasteiger partial charge is 0.464 e. The third-order valence-corrected chi connectivity index (χ3v) is 3.36. The molecule has 21 heavy (non-hydrogen) atoms. The SMILES string of the molecule is CCOC(=O)[C@H](O)[C@@H](O)[C@H](O)[C@H](O)COP(=O)(O)OCC. The fourth-order valence-electron chi connectivity index (χ4n) is 1.25. The number of aliphatic hydroxyl groups is 4. The quantitative estimate of drug-likeness (QED) is 0.226. The van der Waals surface area contributed by atoms with Gasteiger partial charge < -0.3 is 30.1 Å². The molecule has 0 heterocycles. The number of aliphatic hydroxyl groups excluding tert-OH is 4. The van der Waals surface area contributed by atoms with Gasteiger partial charge in [0.2, 0.25) is 0 Å². The molecule has 0 fully saturated rings. The maximum Gasteiger partial charge on any atom is 0.472 e. The molecule has 0 spiro atoms. The lowest BCUT2D eigenvalue weighted by Gasteiger charge is -2.25. The number of ether oxygens (including phenoxy) is 1. The van der Waals surface area contributed by atoms with E-state index in [2.05, 4.69) is 13.8 Å². The van der Waals surface area contributed by atoms with Crippen LogP contribution in [0.25, 0.3) is 0 Å². The van der Waals surface area contributed by atoms with E-state index < -0.39 is 44.8 Å². The standard InChI is InChI=1S/C10H21O10P/c1-3-18-10(15)9(14)8(13)7(12)6(11)5-20-21(16,17)19-4-2/h6-9,11-14H,3-5H2,1-2H3,(H,16,17)/t6-,7-,8+,9-/m1/s1. The fourth-order valence-corrected chi connectivity index (χ4v) is 1.99. The largest absolute Gasteiger partial charge is 0.472 e. The average Bonchev–Trinajstić information content (AvgIpc) is 2.42. The van der Waals surface area contributed by atoms with Crippen molar-refractivity contribution in [3.05, 3.63) is 0 Å². The molecule has 10 nitrogen and oxygen atoms in total. The summed E-state index contributed by atoms with van der Waals surface area (Å²) in [7, 11) is -4.38. The number of phosphoric ester groups is 1. The Morgan fingerprint density at radius 2 is 1.62 bits per heavy atom. The average molecular weight is 332 g/mol. The van der Waals surface area contributed by atoms with Crippen molar-refractivity contribution < 1.29 is 48.5 Å². The highest BCUT2D eigenvalue weighted by Gasteiger charge is 2.36. The van der Waals surface area contributed by atoms with Gasteiger partial charge in [0.15, 0.2) is 6.10 Å². The molecule has 0 rings (SSSR count). The topological polar surface area (TPSA) is 163 Å². The summed E-state index contributed by atoms with van der Waals surface area (Å²) in [5.41, 5.74) is 0. The summed E-state index contributed by atoms with van der Waals surface area (Å²) >= 11 is 0. The van der Waals surface area contributed by atoms with E-state index in [0.29, 0.717) is 0 Å². The zero-order valence-electron chi connectivity index (χ0n) is 11.7. The van der Waals surface area contributed by atoms with Crippen LogP contribution in [0, 0.1) is 0 Å². The zero-order chi connectivity index (χ0) is 16.6. The summed E-state index contributed by atoms with van der Waals surface area (Å²) in [6, 6.07) is 0. The Bertz CT molecular complexity index is 362. The van der Waals surface area contributed by atoms with Gasteiger partial charge in [-0.25, -0.2) is 9.36 Å². The lowest BCUT2D eigenvalue weighted by atomic mass is 10.0. The molecule has 0 aromatic rings. The van der Waals surface area contributed by atoms with E-state index >= 15 is 0 Å². The third-order valence-electron chi connectivity index (χ3n) is 2.30. The minimum absolute atomic E-state index is 0.0492. The van der Waals surface area contributed by atoms with Crippen molar-refractivity contribution in [2.75, 3.05) is 19.8 Å². The van der Waals surface area contributed by atoms with Crippen LogP contribution in [0.2, 0.25) is 0 Å². The molecule has 1 unspecified atom stereocenters. The lowest BCUT2D eigenvalue weighted by Crippen LogP contribution is -2.49. The van der Waals surface area contributed by atoms with Crippen LogP contribution in [-0.4, -0.2) is 75.5 Å². The molecule has 0 amide bonds. The van der Waals surface area contributed by atoms with Crippen LogP contribution < -0.4 is 0 Å². The monoisotopic (exact) mass is 332 g/mol. The van der Waals surface area contributed by atoms with Crippen LogP contribution in [0.3, 0.4) is 0 Å². The van der Waals surface area contributed by atoms with E-state index in [0.717, 1.165) is 0 Å². The zero-order valence-corrected chi connectivity index (χ0v) is 12.5. The van der Waals surface area contributed by atoms with E-state index in [-0.39, 0.29) is 13.2 Å². The van der Waals surface area contributed by atoms with Gasteiger partial charge in [0.25, 0.3) is 0 Å². The van der Waals surface area contributed by atoms with Crippen molar-refractivity contribution in [1.29, 1.82) is 0 Å². The van der Waals surface area contributed by atoms with Crippen molar-refractivity contribution in [2.24, 2.45) is 0 Å². The van der Waals surface area contributed by atoms with Gasteiger partial charge in [-0.05, 0) is 13.8 Å². The molecule has 0 aliphatic heterocycles. The predicted octanol–water partition coefficient (Wildman–Crippen LogP) is -1.85. The maximum atomic E-state index is 11.2. The highest BCUT2D eigenvalue weighted by molar-refractivity contribution is 7.47. The summed E-state index contributed by atoms with van der Waals surface area (Å²) in [5.74, 6) is -1.18. The molecule has 11 heteroatoms. The maximum absolute atomic E-state index is 11.2. The van der Waals surface area contributed by atoms with Gasteiger partial charge in [-0.1, -0.05) is 0 Å². The van der Waals surface area contributed by atoms with Crippen LogP contribution in [0.4, 0.5) is 0 Å². The first-order valence-corrected chi connectivity index (χ1v) is 7.66. The molecule has 0 bridgehead atoms. The van der Waals surface area contributed by atoms with Gasteiger partial charge in [-0.15, -0.1) is 0 Å². The first kappa shape index (κ1) is 20.4. The molecule has 5 N–H and O–H groups in total. The molecular weight excluding hydrogens is 311 g/mol. The molecule has 0 aromatic heterocycles. The van der Waals surface area contributed by atoms with Crippen molar-refractivity contribution in [3.63, 3.8) is 0 Å². The van der Waals surface area contributed by atoms with Gasteiger partial charge in [-0.2, -0.15) is 0 Å². The van der Waals surface area contributed by atoms with Crippen LogP contribution in [0.1, 0.15) is 13.8 Å². The predicted molar refractivity (Wildman–Crippen MR) is 68.1 cm³/mol. The molecule has 0 aromatic carbocycles. The number of carbonyl (C=O) groups is 1. The summed E-state index contributed by atoms with van der Waals surface area (Å²) < 4.78 is 24.3. The number of esters is 1. The van der Waals surface area contributed by atoms with E-state index in [4.69, 9.17) is 4.89 Å². The second-order valence-electron chi connectivity index (χ2n) is 3.93. The Hall–Kier alpha value is -0.580. The summed E-state index contributed by atoms with van der Waals surface area (Å²) in [4.78, 5) is 20.2. The summed E-state index contributed by atoms with van der Waals surface area (Å²) in [5, 5.41) is 37.9. The Kier molecular flexibility index (Phi) is 9.18. The molecular formula is C10H21O10P. The minimum Gasteiger partial charge on any atom is -0.464 e. The third kappa shape index (κ3) is 7.30. The first-order chi connectivity index (χ1) is 9.66. The molecule has 0 saturated heterocycles. The highest BCUT2D eigenvalue weighted by Crippen LogP contribution is 2.43. The normalized spacial score (nSPS) is 20.1. The molecule has 5 atom stereocenters.